The van der Waals surface area contributed by atoms with E-state index in [1.165, 1.54) is 0 Å². The molecule has 0 bridgehead atoms. The topological polar surface area (TPSA) is 78.9 Å². The molecular weight excluding hydrogens is 218 g/mol. The molecule has 0 aromatic carbocycles. The molecule has 0 saturated carbocycles. The maximum absolute atomic E-state index is 12.1. The van der Waals surface area contributed by atoms with Crippen LogP contribution < -0.4 is 5.73 Å². The minimum absolute atomic E-state index is 0.0652. The Kier molecular flexibility index (Phi) is 4.78. The quantitative estimate of drug-likeness (QED) is 0.338. The molecule has 1 unspecified atom stereocenters. The zero-order valence-corrected chi connectivity index (χ0v) is 10.9. The monoisotopic (exact) mass is 241 g/mol. The number of piperidine rings is 1. The van der Waals surface area contributed by atoms with Gasteiger partial charge in [0.05, 0.1) is 0 Å². The third-order valence-corrected chi connectivity index (χ3v) is 3.73. The Balaban J connectivity index is 2.50. The third kappa shape index (κ3) is 3.35. The van der Waals surface area contributed by atoms with Crippen molar-refractivity contribution in [1.29, 1.82) is 0 Å². The van der Waals surface area contributed by atoms with E-state index in [9.17, 15) is 4.79 Å². The van der Waals surface area contributed by atoms with Gasteiger partial charge in [0.15, 0.2) is 0 Å². The molecule has 0 aromatic heterocycles. The van der Waals surface area contributed by atoms with E-state index in [4.69, 9.17) is 10.9 Å². The molecule has 1 heterocycles. The van der Waals surface area contributed by atoms with Crippen LogP contribution in [0.4, 0.5) is 0 Å². The molecule has 98 valence electrons. The zero-order valence-electron chi connectivity index (χ0n) is 10.9. The fourth-order valence-corrected chi connectivity index (χ4v) is 2.05. The maximum atomic E-state index is 12.1. The average Bonchev–Trinajstić information content (AvgIpc) is 2.36. The molecule has 17 heavy (non-hydrogen) atoms. The van der Waals surface area contributed by atoms with Gasteiger partial charge < -0.3 is 15.8 Å². The molecular formula is C12H23N3O2. The second-order valence-electron chi connectivity index (χ2n) is 5.16. The highest BCUT2D eigenvalue weighted by atomic mass is 16.4. The van der Waals surface area contributed by atoms with E-state index in [1.807, 2.05) is 11.8 Å². The van der Waals surface area contributed by atoms with E-state index < -0.39 is 0 Å². The zero-order chi connectivity index (χ0) is 13.0. The van der Waals surface area contributed by atoms with E-state index >= 15 is 0 Å². The highest BCUT2D eigenvalue weighted by Crippen LogP contribution is 2.21. The van der Waals surface area contributed by atoms with Crippen LogP contribution in [0.1, 0.15) is 33.6 Å². The second-order valence-corrected chi connectivity index (χ2v) is 5.16. The second kappa shape index (κ2) is 5.89. The summed E-state index contributed by atoms with van der Waals surface area (Å²) in [6.45, 7) is 7.51. The first-order valence-electron chi connectivity index (χ1n) is 6.23. The van der Waals surface area contributed by atoms with Gasteiger partial charge in [-0.2, -0.15) is 0 Å². The summed E-state index contributed by atoms with van der Waals surface area (Å²) in [5.74, 6) is 1.05. The fraction of sp³-hybridized carbons (Fsp3) is 0.833. The van der Waals surface area contributed by atoms with Crippen molar-refractivity contribution in [2.24, 2.45) is 28.6 Å². The first-order chi connectivity index (χ1) is 7.97. The third-order valence-electron chi connectivity index (χ3n) is 3.73. The molecule has 0 aromatic rings. The Labute approximate surface area is 103 Å². The van der Waals surface area contributed by atoms with Crippen LogP contribution in [0.2, 0.25) is 0 Å². The molecule has 1 atom stereocenters. The van der Waals surface area contributed by atoms with Gasteiger partial charge in [0.1, 0.15) is 5.84 Å². The van der Waals surface area contributed by atoms with Crippen LogP contribution in [0, 0.1) is 17.8 Å². The summed E-state index contributed by atoms with van der Waals surface area (Å²) >= 11 is 0. The van der Waals surface area contributed by atoms with Crippen LogP contribution in [-0.4, -0.2) is 34.9 Å². The Morgan fingerprint density at radius 2 is 1.88 bits per heavy atom. The van der Waals surface area contributed by atoms with Crippen LogP contribution in [-0.2, 0) is 4.79 Å². The van der Waals surface area contributed by atoms with Crippen molar-refractivity contribution >= 4 is 11.7 Å². The minimum Gasteiger partial charge on any atom is -0.409 e. The number of carbonyl (C=O) groups excluding carboxylic acids is 1. The molecule has 1 amide bonds. The molecule has 3 N–H and O–H groups in total. The predicted molar refractivity (Wildman–Crippen MR) is 66.7 cm³/mol. The number of nitrogens with two attached hydrogens (primary N) is 1. The number of rotatable bonds is 3. The van der Waals surface area contributed by atoms with E-state index in [0.29, 0.717) is 19.0 Å². The van der Waals surface area contributed by atoms with Gasteiger partial charge in [-0.1, -0.05) is 25.9 Å². The number of amidine groups is 1. The molecule has 0 spiro atoms. The lowest BCUT2D eigenvalue weighted by molar-refractivity contribution is -0.137. The van der Waals surface area contributed by atoms with Crippen molar-refractivity contribution in [3.63, 3.8) is 0 Å². The van der Waals surface area contributed by atoms with E-state index in [0.717, 1.165) is 12.8 Å². The van der Waals surface area contributed by atoms with Gasteiger partial charge in [0, 0.05) is 24.9 Å². The molecule has 1 rings (SSSR count). The summed E-state index contributed by atoms with van der Waals surface area (Å²) in [6, 6.07) is 0. The van der Waals surface area contributed by atoms with Crippen molar-refractivity contribution in [2.45, 2.75) is 33.6 Å². The van der Waals surface area contributed by atoms with Crippen LogP contribution in [0.25, 0.3) is 0 Å². The summed E-state index contributed by atoms with van der Waals surface area (Å²) in [5.41, 5.74) is 5.57. The highest BCUT2D eigenvalue weighted by Gasteiger charge is 2.28. The number of nitrogens with zero attached hydrogens (tertiary/aromatic N) is 2. The molecule has 0 aliphatic carbocycles. The Hall–Kier alpha value is -1.26. The van der Waals surface area contributed by atoms with Gasteiger partial charge >= 0.3 is 0 Å². The summed E-state index contributed by atoms with van der Waals surface area (Å²) in [5, 5.41) is 11.6. The predicted octanol–water partition coefficient (Wildman–Crippen LogP) is 1.26. The normalized spacial score (nSPS) is 20.7. The summed E-state index contributed by atoms with van der Waals surface area (Å²) in [6.07, 6.45) is 1.57. The van der Waals surface area contributed by atoms with Crippen molar-refractivity contribution in [3.8, 4) is 0 Å². The number of hydrogen-bond donors (Lipinski definition) is 2. The van der Waals surface area contributed by atoms with Gasteiger partial charge in [-0.25, -0.2) is 0 Å². The minimum atomic E-state index is 0.0652. The van der Waals surface area contributed by atoms with Crippen LogP contribution in [0.5, 0.6) is 0 Å². The van der Waals surface area contributed by atoms with Crippen LogP contribution >= 0.6 is 0 Å². The molecule has 5 heteroatoms. The fourth-order valence-electron chi connectivity index (χ4n) is 2.05. The number of amides is 1. The standard InChI is InChI=1S/C12H23N3O2/c1-8(2)9(3)12(16)15-6-4-10(5-7-15)11(13)14-17/h8-10,17H,4-7H2,1-3H3,(H2,13,14). The summed E-state index contributed by atoms with van der Waals surface area (Å²) in [7, 11) is 0. The number of hydrogen-bond acceptors (Lipinski definition) is 3. The molecule has 1 saturated heterocycles. The number of likely N-dealkylation sites (tertiary alicyclic amines) is 1. The van der Waals surface area contributed by atoms with Gasteiger partial charge in [0.25, 0.3) is 0 Å². The first-order valence-corrected chi connectivity index (χ1v) is 6.23. The lowest BCUT2D eigenvalue weighted by Crippen LogP contribution is -2.44. The Morgan fingerprint density at radius 1 is 1.35 bits per heavy atom. The first kappa shape index (κ1) is 13.8. The summed E-state index contributed by atoms with van der Waals surface area (Å²) in [4.78, 5) is 14.0. The van der Waals surface area contributed by atoms with E-state index in [-0.39, 0.29) is 23.6 Å². The van der Waals surface area contributed by atoms with Crippen LogP contribution in [0.15, 0.2) is 5.16 Å². The van der Waals surface area contributed by atoms with Crippen molar-refractivity contribution < 1.29 is 10.0 Å². The molecule has 1 aliphatic heterocycles. The van der Waals surface area contributed by atoms with E-state index in [2.05, 4.69) is 19.0 Å². The number of oxime groups is 1. The van der Waals surface area contributed by atoms with E-state index in [1.54, 1.807) is 0 Å². The number of carbonyl (C=O) groups is 1. The molecule has 5 nitrogen and oxygen atoms in total. The highest BCUT2D eigenvalue weighted by molar-refractivity contribution is 5.83. The largest absolute Gasteiger partial charge is 0.409 e. The molecule has 0 radical (unpaired) electrons. The van der Waals surface area contributed by atoms with Gasteiger partial charge in [-0.3, -0.25) is 4.79 Å². The average molecular weight is 241 g/mol. The SMILES string of the molecule is CC(C)C(C)C(=O)N1CCC(C(N)=NO)CC1. The lowest BCUT2D eigenvalue weighted by Gasteiger charge is -2.33. The van der Waals surface area contributed by atoms with Crippen molar-refractivity contribution in [2.75, 3.05) is 13.1 Å². The van der Waals surface area contributed by atoms with Crippen LogP contribution in [0.3, 0.4) is 0 Å². The lowest BCUT2D eigenvalue weighted by atomic mass is 9.92. The smallest absolute Gasteiger partial charge is 0.225 e. The maximum Gasteiger partial charge on any atom is 0.225 e. The Morgan fingerprint density at radius 3 is 2.29 bits per heavy atom. The molecule has 1 aliphatic rings. The van der Waals surface area contributed by atoms with Crippen molar-refractivity contribution in [3.05, 3.63) is 0 Å². The Bertz CT molecular complexity index is 294. The van der Waals surface area contributed by atoms with Crippen molar-refractivity contribution in [1.82, 2.24) is 4.90 Å². The van der Waals surface area contributed by atoms with Gasteiger partial charge in [-0.05, 0) is 18.8 Å². The summed E-state index contributed by atoms with van der Waals surface area (Å²) < 4.78 is 0. The van der Waals surface area contributed by atoms with Gasteiger partial charge in [0.2, 0.25) is 5.91 Å². The van der Waals surface area contributed by atoms with Gasteiger partial charge in [-0.15, -0.1) is 0 Å². The molecule has 1 fully saturated rings.